The number of hydrogen-bond donors (Lipinski definition) is 2. The fourth-order valence-corrected chi connectivity index (χ4v) is 8.81. The number of nitrogens with two attached hydrogens (primary N) is 2. The van der Waals surface area contributed by atoms with Crippen LogP contribution in [0.25, 0.3) is 27.8 Å². The van der Waals surface area contributed by atoms with Crippen molar-refractivity contribution < 1.29 is 32.5 Å². The van der Waals surface area contributed by atoms with Crippen molar-refractivity contribution >= 4 is 17.6 Å². The van der Waals surface area contributed by atoms with E-state index in [1.165, 1.54) is 18.0 Å². The molecule has 5 aliphatic rings. The van der Waals surface area contributed by atoms with Gasteiger partial charge in [0.15, 0.2) is 0 Å². The van der Waals surface area contributed by atoms with E-state index in [1.54, 1.807) is 42.6 Å². The van der Waals surface area contributed by atoms with E-state index < -0.39 is 23.0 Å². The van der Waals surface area contributed by atoms with E-state index in [9.17, 15) is 8.78 Å². The molecule has 9 heterocycles. The van der Waals surface area contributed by atoms with Crippen LogP contribution < -0.4 is 20.9 Å². The van der Waals surface area contributed by atoms with Gasteiger partial charge in [-0.15, -0.1) is 0 Å². The van der Waals surface area contributed by atoms with Gasteiger partial charge in [0.25, 0.3) is 12.0 Å². The van der Waals surface area contributed by atoms with E-state index in [4.69, 9.17) is 45.1 Å². The predicted molar refractivity (Wildman–Crippen MR) is 244 cm³/mol. The Bertz CT molecular complexity index is 3080. The fourth-order valence-electron chi connectivity index (χ4n) is 8.81. The predicted octanol–water partition coefficient (Wildman–Crippen LogP) is 8.94. The van der Waals surface area contributed by atoms with E-state index in [0.717, 1.165) is 39.8 Å². The monoisotopic (exact) mass is 886 g/mol. The first-order chi connectivity index (χ1) is 31.9. The standard InChI is InChI=1S/C26H23FN4O2.C25H21FN4O3/c1-25(2,3)9-8-16-13-20-23(30-15-16)33-21-7-6-17(18-5-4-11-29-22(18)27)14-19(21)26(20)10-12-32-24(28)31-26;26-22-18(2-1-8-28-22)16-3-4-21-19(12-16)25(7-11-32-24(27)30-25)20-13-17(14-29-23(20)33-21)15-5-9-31-10-6-15/h4-7,11,13-15H,10,12H2,1-3H3,(H2,28,31);1-5,8,12-14H,6-7,9-11H2,(H2,27,30)/t26-;25-/m00/s1. The van der Waals surface area contributed by atoms with E-state index in [1.807, 2.05) is 36.5 Å². The molecular formula is C51H44F2N8O5. The SMILES string of the molecule is CC(C)(C)C#Cc1cnc2c(c1)[C@]1(CCOC(N)=N1)c1cc(-c3cccnc3F)ccc1O2.NC1=N[C@@]2(CCO1)c1cc(-c3cccnc3F)ccc1Oc1ncc(C3=CCOCC3)cc12. The largest absolute Gasteiger partial charge is 0.465 e. The van der Waals surface area contributed by atoms with Gasteiger partial charge in [0.1, 0.15) is 22.6 Å². The molecule has 66 heavy (non-hydrogen) atoms. The summed E-state index contributed by atoms with van der Waals surface area (Å²) in [5.41, 5.74) is 18.5. The van der Waals surface area contributed by atoms with E-state index in [0.29, 0.717) is 84.8 Å². The number of rotatable bonds is 3. The molecule has 0 amide bonds. The number of nitrogens with zero attached hydrogens (tertiary/aromatic N) is 6. The molecule has 4 N–H and O–H groups in total. The molecule has 5 aliphatic heterocycles. The second-order valence-corrected chi connectivity index (χ2v) is 17.3. The van der Waals surface area contributed by atoms with Gasteiger partial charge in [-0.1, -0.05) is 30.0 Å². The normalized spacial score (nSPS) is 20.0. The van der Waals surface area contributed by atoms with Crippen LogP contribution in [-0.4, -0.2) is 58.4 Å². The molecule has 4 aromatic heterocycles. The highest BCUT2D eigenvalue weighted by Gasteiger charge is 2.47. The number of aromatic nitrogens is 4. The Morgan fingerprint density at radius 1 is 0.636 bits per heavy atom. The van der Waals surface area contributed by atoms with Crippen LogP contribution in [0.1, 0.15) is 73.4 Å². The van der Waals surface area contributed by atoms with Crippen LogP contribution in [0.3, 0.4) is 0 Å². The molecule has 0 saturated heterocycles. The highest BCUT2D eigenvalue weighted by atomic mass is 19.1. The molecular weight excluding hydrogens is 843 g/mol. The van der Waals surface area contributed by atoms with Crippen molar-refractivity contribution in [1.29, 1.82) is 0 Å². The third-order valence-electron chi connectivity index (χ3n) is 11.9. The topological polar surface area (TPSA) is 174 Å². The summed E-state index contributed by atoms with van der Waals surface area (Å²) >= 11 is 0. The molecule has 332 valence electrons. The maximum Gasteiger partial charge on any atom is 0.283 e. The Hall–Kier alpha value is -7.70. The minimum atomic E-state index is -0.883. The first-order valence-electron chi connectivity index (χ1n) is 21.5. The van der Waals surface area contributed by atoms with Gasteiger partial charge in [-0.05, 0) is 110 Å². The highest BCUT2D eigenvalue weighted by molar-refractivity contribution is 5.78. The smallest absolute Gasteiger partial charge is 0.283 e. The zero-order valence-corrected chi connectivity index (χ0v) is 36.4. The second kappa shape index (κ2) is 16.7. The quantitative estimate of drug-likeness (QED) is 0.128. The molecule has 0 bridgehead atoms. The van der Waals surface area contributed by atoms with E-state index in [-0.39, 0.29) is 17.5 Å². The third-order valence-corrected chi connectivity index (χ3v) is 11.9. The van der Waals surface area contributed by atoms with Crippen molar-refractivity contribution in [1.82, 2.24) is 19.9 Å². The Kier molecular flexibility index (Phi) is 10.7. The Morgan fingerprint density at radius 2 is 1.18 bits per heavy atom. The van der Waals surface area contributed by atoms with Gasteiger partial charge in [0.05, 0.1) is 26.4 Å². The number of amidine groups is 2. The molecule has 6 aromatic rings. The first-order valence-corrected chi connectivity index (χ1v) is 21.5. The molecule has 15 heteroatoms. The molecule has 13 nitrogen and oxygen atoms in total. The second-order valence-electron chi connectivity index (χ2n) is 17.3. The lowest BCUT2D eigenvalue weighted by atomic mass is 9.77. The molecule has 0 radical (unpaired) electrons. The van der Waals surface area contributed by atoms with Crippen LogP contribution in [-0.2, 0) is 25.3 Å². The molecule has 0 saturated carbocycles. The molecule has 0 aliphatic carbocycles. The lowest BCUT2D eigenvalue weighted by molar-refractivity contribution is 0.161. The highest BCUT2D eigenvalue weighted by Crippen LogP contribution is 2.54. The summed E-state index contributed by atoms with van der Waals surface area (Å²) in [4.78, 5) is 26.3. The van der Waals surface area contributed by atoms with Crippen molar-refractivity contribution in [2.24, 2.45) is 26.9 Å². The Morgan fingerprint density at radius 3 is 1.70 bits per heavy atom. The summed E-state index contributed by atoms with van der Waals surface area (Å²) in [6.07, 6.45) is 10.3. The van der Waals surface area contributed by atoms with Crippen LogP contribution in [0, 0.1) is 29.2 Å². The van der Waals surface area contributed by atoms with Crippen LogP contribution >= 0.6 is 0 Å². The number of aliphatic imine (C=N–C) groups is 2. The van der Waals surface area contributed by atoms with Crippen molar-refractivity contribution in [2.75, 3.05) is 26.4 Å². The Labute approximate surface area is 379 Å². The first kappa shape index (κ1) is 42.3. The summed E-state index contributed by atoms with van der Waals surface area (Å²) in [5.74, 6) is 7.50. The molecule has 11 rings (SSSR count). The number of hydrogen-bond acceptors (Lipinski definition) is 13. The fraction of sp³-hybridized carbons (Fsp3) is 0.255. The molecule has 2 spiro atoms. The molecule has 0 fully saturated rings. The molecule has 0 unspecified atom stereocenters. The summed E-state index contributed by atoms with van der Waals surface area (Å²) < 4.78 is 57.6. The van der Waals surface area contributed by atoms with Crippen LogP contribution in [0.2, 0.25) is 0 Å². The number of ether oxygens (including phenoxy) is 5. The summed E-state index contributed by atoms with van der Waals surface area (Å²) in [5, 5.41) is 0. The van der Waals surface area contributed by atoms with Crippen LogP contribution in [0.4, 0.5) is 8.78 Å². The van der Waals surface area contributed by atoms with Crippen LogP contribution in [0.5, 0.6) is 23.3 Å². The molecule has 2 aromatic carbocycles. The van der Waals surface area contributed by atoms with Crippen molar-refractivity contribution in [3.8, 4) is 57.4 Å². The number of benzene rings is 2. The lowest BCUT2D eigenvalue weighted by Crippen LogP contribution is -2.39. The zero-order valence-electron chi connectivity index (χ0n) is 36.4. The average molecular weight is 887 g/mol. The third kappa shape index (κ3) is 7.83. The summed E-state index contributed by atoms with van der Waals surface area (Å²) in [6.45, 7) is 8.17. The minimum Gasteiger partial charge on any atom is -0.465 e. The van der Waals surface area contributed by atoms with Gasteiger partial charge >= 0.3 is 0 Å². The lowest BCUT2D eigenvalue weighted by Gasteiger charge is -2.39. The average Bonchev–Trinajstić information content (AvgIpc) is 3.32. The number of pyridine rings is 4. The maximum absolute atomic E-state index is 14.5. The summed E-state index contributed by atoms with van der Waals surface area (Å²) in [7, 11) is 0. The van der Waals surface area contributed by atoms with Crippen molar-refractivity contribution in [2.45, 2.75) is 51.1 Å². The molecule has 2 atom stereocenters. The number of fused-ring (bicyclic) bond motifs is 8. The van der Waals surface area contributed by atoms with Gasteiger partial charge in [0, 0.05) is 82.0 Å². The Balaban J connectivity index is 0.000000155. The van der Waals surface area contributed by atoms with Crippen molar-refractivity contribution in [3.05, 3.63) is 149 Å². The minimum absolute atomic E-state index is 0.0872. The maximum atomic E-state index is 14.5. The van der Waals surface area contributed by atoms with Crippen molar-refractivity contribution in [3.63, 3.8) is 0 Å². The van der Waals surface area contributed by atoms with Gasteiger partial charge in [0.2, 0.25) is 23.7 Å². The van der Waals surface area contributed by atoms with E-state index >= 15 is 0 Å². The zero-order chi connectivity index (χ0) is 45.6. The van der Waals surface area contributed by atoms with Gasteiger partial charge in [-0.25, -0.2) is 29.9 Å². The number of halogens is 2. The summed E-state index contributed by atoms with van der Waals surface area (Å²) in [6, 6.07) is 22.0. The van der Waals surface area contributed by atoms with Gasteiger partial charge in [-0.2, -0.15) is 8.78 Å². The van der Waals surface area contributed by atoms with E-state index in [2.05, 4.69) is 64.7 Å². The van der Waals surface area contributed by atoms with Gasteiger partial charge in [-0.3, -0.25) is 0 Å². The van der Waals surface area contributed by atoms with Crippen LogP contribution in [0.15, 0.2) is 114 Å². The van der Waals surface area contributed by atoms with Gasteiger partial charge < -0.3 is 35.2 Å².